The minimum absolute atomic E-state index is 0.107. The third-order valence-corrected chi connectivity index (χ3v) is 3.10. The minimum atomic E-state index is -0.336. The molecule has 1 N–H and O–H groups in total. The van der Waals surface area contributed by atoms with Crippen LogP contribution in [-0.2, 0) is 4.79 Å². The standard InChI is InChI=1S/C11H10N2O2S/c1-7-9(14)12-11(16-7)13-10(15)8-5-3-2-4-6-8/h2-7H,1H3,(H,12,13,14,15)/t7-/m0/s1. The quantitative estimate of drug-likeness (QED) is 0.799. The number of hydrogen-bond acceptors (Lipinski definition) is 3. The second-order valence-corrected chi connectivity index (χ2v) is 4.67. The van der Waals surface area contributed by atoms with Crippen molar-refractivity contribution in [2.45, 2.75) is 12.2 Å². The fraction of sp³-hybridized carbons (Fsp3) is 0.182. The molecular formula is C11H10N2O2S. The van der Waals surface area contributed by atoms with Gasteiger partial charge in [0.15, 0.2) is 5.17 Å². The SMILES string of the molecule is C[C@@H]1SC(=NC(=O)c2ccccc2)NC1=O. The number of amidine groups is 1. The van der Waals surface area contributed by atoms with Gasteiger partial charge in [0.05, 0.1) is 5.25 Å². The Morgan fingerprint density at radius 3 is 2.62 bits per heavy atom. The maximum absolute atomic E-state index is 11.7. The van der Waals surface area contributed by atoms with Gasteiger partial charge in [-0.05, 0) is 19.1 Å². The average Bonchev–Trinajstić information content (AvgIpc) is 2.59. The predicted molar refractivity (Wildman–Crippen MR) is 63.4 cm³/mol. The Hall–Kier alpha value is -1.62. The highest BCUT2D eigenvalue weighted by Gasteiger charge is 2.26. The van der Waals surface area contributed by atoms with Gasteiger partial charge in [0.25, 0.3) is 5.91 Å². The largest absolute Gasteiger partial charge is 0.304 e. The second kappa shape index (κ2) is 4.49. The minimum Gasteiger partial charge on any atom is -0.304 e. The molecule has 1 aliphatic heterocycles. The van der Waals surface area contributed by atoms with Gasteiger partial charge in [-0.15, -0.1) is 0 Å². The molecule has 1 aromatic carbocycles. The monoisotopic (exact) mass is 234 g/mol. The molecule has 2 amide bonds. The van der Waals surface area contributed by atoms with E-state index in [1.54, 1.807) is 31.2 Å². The van der Waals surface area contributed by atoms with Crippen LogP contribution in [0, 0.1) is 0 Å². The molecule has 0 unspecified atom stereocenters. The molecule has 82 valence electrons. The summed E-state index contributed by atoms with van der Waals surface area (Å²) >= 11 is 1.27. The highest BCUT2D eigenvalue weighted by Crippen LogP contribution is 2.18. The molecular weight excluding hydrogens is 224 g/mol. The summed E-state index contributed by atoms with van der Waals surface area (Å²) in [5.41, 5.74) is 0.518. The summed E-state index contributed by atoms with van der Waals surface area (Å²) in [5.74, 6) is -0.442. The van der Waals surface area contributed by atoms with Crippen LogP contribution in [0.5, 0.6) is 0 Å². The molecule has 0 bridgehead atoms. The summed E-state index contributed by atoms with van der Waals surface area (Å²) in [6.07, 6.45) is 0. The molecule has 1 heterocycles. The van der Waals surface area contributed by atoms with Crippen LogP contribution in [0.25, 0.3) is 0 Å². The first kappa shape index (κ1) is 10.9. The number of nitrogens with one attached hydrogen (secondary N) is 1. The Morgan fingerprint density at radius 1 is 1.38 bits per heavy atom. The van der Waals surface area contributed by atoms with Crippen molar-refractivity contribution in [3.8, 4) is 0 Å². The Morgan fingerprint density at radius 2 is 2.06 bits per heavy atom. The summed E-state index contributed by atoms with van der Waals surface area (Å²) < 4.78 is 0. The zero-order chi connectivity index (χ0) is 11.5. The zero-order valence-corrected chi connectivity index (χ0v) is 9.45. The summed E-state index contributed by atoms with van der Waals surface area (Å²) in [5, 5.41) is 2.76. The van der Waals surface area contributed by atoms with Crippen molar-refractivity contribution in [2.24, 2.45) is 4.99 Å². The molecule has 0 aliphatic carbocycles. The first-order valence-electron chi connectivity index (χ1n) is 4.82. The Bertz CT molecular complexity index is 456. The zero-order valence-electron chi connectivity index (χ0n) is 8.64. The van der Waals surface area contributed by atoms with Crippen molar-refractivity contribution in [2.75, 3.05) is 0 Å². The normalized spacial score (nSPS) is 22.2. The molecule has 1 aliphatic rings. The van der Waals surface area contributed by atoms with Gasteiger partial charge in [0.2, 0.25) is 5.91 Å². The highest BCUT2D eigenvalue weighted by atomic mass is 32.2. The Kier molecular flexibility index (Phi) is 3.05. The van der Waals surface area contributed by atoms with E-state index in [2.05, 4.69) is 10.3 Å². The molecule has 0 saturated carbocycles. The van der Waals surface area contributed by atoms with E-state index in [4.69, 9.17) is 0 Å². The van der Waals surface area contributed by atoms with E-state index in [0.29, 0.717) is 10.7 Å². The predicted octanol–water partition coefficient (Wildman–Crippen LogP) is 1.43. The maximum Gasteiger partial charge on any atom is 0.279 e. The summed E-state index contributed by atoms with van der Waals surface area (Å²) in [7, 11) is 0. The fourth-order valence-electron chi connectivity index (χ4n) is 1.25. The number of carbonyl (C=O) groups is 2. The van der Waals surface area contributed by atoms with Gasteiger partial charge >= 0.3 is 0 Å². The van der Waals surface area contributed by atoms with Gasteiger partial charge in [-0.2, -0.15) is 4.99 Å². The van der Waals surface area contributed by atoms with Gasteiger partial charge < -0.3 is 5.32 Å². The molecule has 4 nitrogen and oxygen atoms in total. The van der Waals surface area contributed by atoms with Crippen molar-refractivity contribution in [1.82, 2.24) is 5.32 Å². The second-order valence-electron chi connectivity index (χ2n) is 3.34. The number of nitrogens with zero attached hydrogens (tertiary/aromatic N) is 1. The lowest BCUT2D eigenvalue weighted by Gasteiger charge is -1.96. The van der Waals surface area contributed by atoms with Crippen LogP contribution in [0.2, 0.25) is 0 Å². The lowest BCUT2D eigenvalue weighted by molar-refractivity contribution is -0.118. The van der Waals surface area contributed by atoms with Crippen LogP contribution < -0.4 is 5.32 Å². The van der Waals surface area contributed by atoms with Crippen LogP contribution in [0.4, 0.5) is 0 Å². The van der Waals surface area contributed by atoms with Crippen molar-refractivity contribution in [3.05, 3.63) is 35.9 Å². The number of amides is 2. The van der Waals surface area contributed by atoms with Crippen molar-refractivity contribution in [3.63, 3.8) is 0 Å². The van der Waals surface area contributed by atoms with E-state index < -0.39 is 0 Å². The third kappa shape index (κ3) is 2.30. The average molecular weight is 234 g/mol. The van der Waals surface area contributed by atoms with Crippen LogP contribution in [0.15, 0.2) is 35.3 Å². The molecule has 0 radical (unpaired) electrons. The topological polar surface area (TPSA) is 58.5 Å². The molecule has 5 heteroatoms. The van der Waals surface area contributed by atoms with E-state index in [1.807, 2.05) is 6.07 Å². The van der Waals surface area contributed by atoms with E-state index in [-0.39, 0.29) is 17.1 Å². The summed E-state index contributed by atoms with van der Waals surface area (Å²) in [6, 6.07) is 8.76. The molecule has 1 aromatic rings. The summed E-state index contributed by atoms with van der Waals surface area (Å²) in [6.45, 7) is 1.77. The Labute approximate surface area is 97.1 Å². The first-order chi connectivity index (χ1) is 7.66. The van der Waals surface area contributed by atoms with Crippen LogP contribution in [0.1, 0.15) is 17.3 Å². The smallest absolute Gasteiger partial charge is 0.279 e. The van der Waals surface area contributed by atoms with E-state index in [0.717, 1.165) is 0 Å². The molecule has 16 heavy (non-hydrogen) atoms. The van der Waals surface area contributed by atoms with Gasteiger partial charge in [0, 0.05) is 5.56 Å². The molecule has 0 aromatic heterocycles. The first-order valence-corrected chi connectivity index (χ1v) is 5.70. The highest BCUT2D eigenvalue weighted by molar-refractivity contribution is 8.15. The third-order valence-electron chi connectivity index (χ3n) is 2.11. The lowest BCUT2D eigenvalue weighted by atomic mass is 10.2. The van der Waals surface area contributed by atoms with Gasteiger partial charge in [-0.3, -0.25) is 9.59 Å². The molecule has 2 rings (SSSR count). The van der Waals surface area contributed by atoms with Crippen molar-refractivity contribution in [1.29, 1.82) is 0 Å². The molecule has 1 saturated heterocycles. The summed E-state index contributed by atoms with van der Waals surface area (Å²) in [4.78, 5) is 26.7. The van der Waals surface area contributed by atoms with Crippen molar-refractivity contribution >= 4 is 28.7 Å². The number of hydrogen-bond donors (Lipinski definition) is 1. The number of benzene rings is 1. The lowest BCUT2D eigenvalue weighted by Crippen LogP contribution is -2.23. The van der Waals surface area contributed by atoms with E-state index in [1.165, 1.54) is 11.8 Å². The van der Waals surface area contributed by atoms with Crippen LogP contribution in [-0.4, -0.2) is 22.2 Å². The molecule has 0 spiro atoms. The van der Waals surface area contributed by atoms with Crippen molar-refractivity contribution < 1.29 is 9.59 Å². The molecule has 1 atom stereocenters. The van der Waals surface area contributed by atoms with Crippen LogP contribution in [0.3, 0.4) is 0 Å². The van der Waals surface area contributed by atoms with Gasteiger partial charge in [-0.1, -0.05) is 30.0 Å². The fourth-order valence-corrected chi connectivity index (χ4v) is 2.05. The number of rotatable bonds is 1. The van der Waals surface area contributed by atoms with Gasteiger partial charge in [0.1, 0.15) is 0 Å². The number of aliphatic imine (C=N–C) groups is 1. The van der Waals surface area contributed by atoms with Gasteiger partial charge in [-0.25, -0.2) is 0 Å². The number of thioether (sulfide) groups is 1. The number of carbonyl (C=O) groups excluding carboxylic acids is 2. The van der Waals surface area contributed by atoms with E-state index in [9.17, 15) is 9.59 Å². The van der Waals surface area contributed by atoms with Crippen LogP contribution >= 0.6 is 11.8 Å². The molecule has 1 fully saturated rings. The van der Waals surface area contributed by atoms with E-state index >= 15 is 0 Å². The Balaban J connectivity index is 2.14. The maximum atomic E-state index is 11.7.